The Balaban J connectivity index is 2.33. The van der Waals surface area contributed by atoms with Gasteiger partial charge in [-0.15, -0.1) is 0 Å². The Morgan fingerprint density at radius 3 is 3.00 bits per heavy atom. The highest BCUT2D eigenvalue weighted by molar-refractivity contribution is 5.60. The normalized spacial score (nSPS) is 10.5. The van der Waals surface area contributed by atoms with E-state index in [9.17, 15) is 5.11 Å². The maximum Gasteiger partial charge on any atom is 0.261 e. The number of hydrogen-bond donors (Lipinski definition) is 2. The number of aliphatic hydroxyl groups excluding tert-OH is 1. The highest BCUT2D eigenvalue weighted by Gasteiger charge is 2.11. The number of aliphatic hydroxyl groups is 1. The molecule has 2 rings (SSSR count). The highest BCUT2D eigenvalue weighted by atomic mass is 16.5. The van der Waals surface area contributed by atoms with Gasteiger partial charge in [0.05, 0.1) is 18.4 Å². The molecule has 6 nitrogen and oxygen atoms in total. The molecular weight excluding hydrogens is 198 g/mol. The maximum absolute atomic E-state index is 9.46. The van der Waals surface area contributed by atoms with Crippen LogP contribution < -0.4 is 0 Å². The van der Waals surface area contributed by atoms with E-state index in [1.807, 2.05) is 0 Å². The largest absolute Gasteiger partial charge is 0.505 e. The van der Waals surface area contributed by atoms with E-state index >= 15 is 0 Å². The molecule has 0 aromatic carbocycles. The minimum Gasteiger partial charge on any atom is -0.505 e. The monoisotopic (exact) mass is 207 g/mol. The van der Waals surface area contributed by atoms with E-state index < -0.39 is 0 Å². The minimum absolute atomic E-state index is 0.0169. The second-order valence-corrected chi connectivity index (χ2v) is 2.88. The lowest BCUT2D eigenvalue weighted by molar-refractivity contribution is 0.293. The zero-order valence-corrected chi connectivity index (χ0v) is 7.79. The van der Waals surface area contributed by atoms with Gasteiger partial charge in [-0.2, -0.15) is 4.98 Å². The summed E-state index contributed by atoms with van der Waals surface area (Å²) in [5.74, 6) is 0.610. The van der Waals surface area contributed by atoms with Crippen molar-refractivity contribution in [3.05, 3.63) is 24.3 Å². The molecule has 0 amide bonds. The second-order valence-electron chi connectivity index (χ2n) is 2.88. The molecule has 0 spiro atoms. The summed E-state index contributed by atoms with van der Waals surface area (Å²) in [6.07, 6.45) is 3.14. The molecule has 15 heavy (non-hydrogen) atoms. The molecule has 2 aromatic rings. The van der Waals surface area contributed by atoms with Gasteiger partial charge in [-0.05, 0) is 6.07 Å². The van der Waals surface area contributed by atoms with Crippen LogP contribution in [0.5, 0.6) is 5.75 Å². The van der Waals surface area contributed by atoms with E-state index in [0.29, 0.717) is 17.8 Å². The van der Waals surface area contributed by atoms with Crippen molar-refractivity contribution in [3.63, 3.8) is 0 Å². The van der Waals surface area contributed by atoms with E-state index in [1.54, 1.807) is 6.07 Å². The Kier molecular flexibility index (Phi) is 2.59. The number of aromatic nitrogens is 3. The summed E-state index contributed by atoms with van der Waals surface area (Å²) in [5, 5.41) is 21.8. The van der Waals surface area contributed by atoms with Crippen LogP contribution in [0.1, 0.15) is 5.82 Å². The minimum atomic E-state index is -0.0404. The zero-order valence-electron chi connectivity index (χ0n) is 7.79. The first kappa shape index (κ1) is 9.60. The van der Waals surface area contributed by atoms with Crippen LogP contribution in [0.4, 0.5) is 0 Å². The first-order valence-electron chi connectivity index (χ1n) is 4.38. The molecule has 0 radical (unpaired) electrons. The smallest absolute Gasteiger partial charge is 0.261 e. The zero-order chi connectivity index (χ0) is 10.7. The molecule has 2 N–H and O–H groups in total. The fourth-order valence-corrected chi connectivity index (χ4v) is 1.13. The molecule has 0 bridgehead atoms. The molecule has 0 aliphatic carbocycles. The predicted molar refractivity (Wildman–Crippen MR) is 50.0 cm³/mol. The third-order valence-electron chi connectivity index (χ3n) is 1.83. The van der Waals surface area contributed by atoms with Crippen molar-refractivity contribution in [3.8, 4) is 17.2 Å². The second kappa shape index (κ2) is 4.05. The molecular formula is C9H9N3O3. The molecule has 0 fully saturated rings. The van der Waals surface area contributed by atoms with Crippen molar-refractivity contribution in [2.24, 2.45) is 0 Å². The Bertz CT molecular complexity index is 455. The SMILES string of the molecule is OCCc1noc(-c2ccncc2O)n1. The molecule has 78 valence electrons. The average molecular weight is 207 g/mol. The summed E-state index contributed by atoms with van der Waals surface area (Å²) in [5.41, 5.74) is 0.432. The molecule has 0 saturated carbocycles. The molecule has 0 unspecified atom stereocenters. The van der Waals surface area contributed by atoms with Crippen LogP contribution >= 0.6 is 0 Å². The van der Waals surface area contributed by atoms with Crippen LogP contribution in [0.2, 0.25) is 0 Å². The van der Waals surface area contributed by atoms with Gasteiger partial charge in [0.25, 0.3) is 5.89 Å². The lowest BCUT2D eigenvalue weighted by Crippen LogP contribution is -1.92. The van der Waals surface area contributed by atoms with Crippen LogP contribution in [0.3, 0.4) is 0 Å². The van der Waals surface area contributed by atoms with E-state index in [0.717, 1.165) is 0 Å². The van der Waals surface area contributed by atoms with Crippen molar-refractivity contribution in [2.75, 3.05) is 6.61 Å². The van der Waals surface area contributed by atoms with Crippen LogP contribution in [-0.4, -0.2) is 31.9 Å². The third-order valence-corrected chi connectivity index (χ3v) is 1.83. The Morgan fingerprint density at radius 2 is 2.27 bits per heavy atom. The summed E-state index contributed by atoms with van der Waals surface area (Å²) in [6.45, 7) is -0.0404. The molecule has 2 heterocycles. The molecule has 2 aromatic heterocycles. The summed E-state index contributed by atoms with van der Waals surface area (Å²) in [7, 11) is 0. The van der Waals surface area contributed by atoms with Gasteiger partial charge in [-0.3, -0.25) is 4.98 Å². The van der Waals surface area contributed by atoms with Gasteiger partial charge >= 0.3 is 0 Å². The van der Waals surface area contributed by atoms with Crippen LogP contribution in [-0.2, 0) is 6.42 Å². The molecule has 0 atom stereocenters. The lowest BCUT2D eigenvalue weighted by atomic mass is 10.2. The lowest BCUT2D eigenvalue weighted by Gasteiger charge is -1.95. The first-order chi connectivity index (χ1) is 7.31. The van der Waals surface area contributed by atoms with E-state index in [4.69, 9.17) is 9.63 Å². The van der Waals surface area contributed by atoms with Gasteiger partial charge in [0.2, 0.25) is 0 Å². The van der Waals surface area contributed by atoms with Gasteiger partial charge in [-0.1, -0.05) is 5.16 Å². The summed E-state index contributed by atoms with van der Waals surface area (Å²) >= 11 is 0. The van der Waals surface area contributed by atoms with Gasteiger partial charge in [0, 0.05) is 12.6 Å². The van der Waals surface area contributed by atoms with Crippen molar-refractivity contribution in [1.29, 1.82) is 0 Å². The fourth-order valence-electron chi connectivity index (χ4n) is 1.13. The number of nitrogens with zero attached hydrogens (tertiary/aromatic N) is 3. The number of hydrogen-bond acceptors (Lipinski definition) is 6. The molecule has 0 aliphatic rings. The summed E-state index contributed by atoms with van der Waals surface area (Å²) in [4.78, 5) is 7.74. The molecule has 6 heteroatoms. The van der Waals surface area contributed by atoms with Crippen LogP contribution in [0.15, 0.2) is 23.0 Å². The van der Waals surface area contributed by atoms with Crippen LogP contribution in [0, 0.1) is 0 Å². The molecule has 0 aliphatic heterocycles. The number of pyridine rings is 1. The van der Waals surface area contributed by atoms with Crippen molar-refractivity contribution >= 4 is 0 Å². The third kappa shape index (κ3) is 1.94. The predicted octanol–water partition coefficient (Wildman–Crippen LogP) is 0.372. The van der Waals surface area contributed by atoms with Crippen LogP contribution in [0.25, 0.3) is 11.5 Å². The average Bonchev–Trinajstić information content (AvgIpc) is 2.68. The highest BCUT2D eigenvalue weighted by Crippen LogP contribution is 2.25. The Hall–Kier alpha value is -1.95. The number of rotatable bonds is 3. The first-order valence-corrected chi connectivity index (χ1v) is 4.38. The summed E-state index contributed by atoms with van der Waals surface area (Å²) < 4.78 is 4.92. The van der Waals surface area contributed by atoms with Gasteiger partial charge in [-0.25, -0.2) is 0 Å². The van der Waals surface area contributed by atoms with Gasteiger partial charge in [0.1, 0.15) is 5.75 Å². The van der Waals surface area contributed by atoms with E-state index in [1.165, 1.54) is 12.4 Å². The Labute approximate surface area is 85.2 Å². The van der Waals surface area contributed by atoms with E-state index in [-0.39, 0.29) is 18.2 Å². The van der Waals surface area contributed by atoms with E-state index in [2.05, 4.69) is 15.1 Å². The van der Waals surface area contributed by atoms with Crippen molar-refractivity contribution in [1.82, 2.24) is 15.1 Å². The molecule has 0 saturated heterocycles. The standard InChI is InChI=1S/C9H9N3O3/c13-4-2-8-11-9(15-12-8)6-1-3-10-5-7(6)14/h1,3,5,13-14H,2,4H2. The maximum atomic E-state index is 9.46. The topological polar surface area (TPSA) is 92.3 Å². The quantitative estimate of drug-likeness (QED) is 0.755. The fraction of sp³-hybridized carbons (Fsp3) is 0.222. The summed E-state index contributed by atoms with van der Waals surface area (Å²) in [6, 6.07) is 1.57. The van der Waals surface area contributed by atoms with Crippen molar-refractivity contribution < 1.29 is 14.7 Å². The van der Waals surface area contributed by atoms with Crippen molar-refractivity contribution in [2.45, 2.75) is 6.42 Å². The van der Waals surface area contributed by atoms with Gasteiger partial charge in [0.15, 0.2) is 5.82 Å². The Morgan fingerprint density at radius 1 is 1.40 bits per heavy atom. The van der Waals surface area contributed by atoms with Gasteiger partial charge < -0.3 is 14.7 Å². The number of aromatic hydroxyl groups is 1.